The van der Waals surface area contributed by atoms with Gasteiger partial charge in [-0.05, 0) is 30.7 Å². The van der Waals surface area contributed by atoms with Gasteiger partial charge in [0.25, 0.3) is 0 Å². The first-order valence-electron chi connectivity index (χ1n) is 6.17. The third kappa shape index (κ3) is 2.85. The molecular weight excluding hydrogens is 250 g/mol. The van der Waals surface area contributed by atoms with Crippen molar-refractivity contribution in [2.45, 2.75) is 19.3 Å². The number of hydrogen-bond acceptors (Lipinski definition) is 2. The molecule has 1 unspecified atom stereocenters. The van der Waals surface area contributed by atoms with Gasteiger partial charge in [-0.1, -0.05) is 30.7 Å². The minimum atomic E-state index is -0.768. The molecule has 0 saturated carbocycles. The largest absolute Gasteiger partial charge is 0.481 e. The van der Waals surface area contributed by atoms with Crippen LogP contribution in [0.1, 0.15) is 24.0 Å². The summed E-state index contributed by atoms with van der Waals surface area (Å²) in [6.45, 7) is 3.81. The summed E-state index contributed by atoms with van der Waals surface area (Å²) in [5.74, 6) is -0.619. The van der Waals surface area contributed by atoms with E-state index in [2.05, 4.69) is 11.9 Å². The van der Waals surface area contributed by atoms with Crippen molar-refractivity contribution in [3.8, 4) is 0 Å². The molecule has 1 atom stereocenters. The van der Waals surface area contributed by atoms with Crippen molar-refractivity contribution in [2.75, 3.05) is 20.1 Å². The third-order valence-electron chi connectivity index (χ3n) is 3.53. The van der Waals surface area contributed by atoms with E-state index in [4.69, 9.17) is 16.7 Å². The highest BCUT2D eigenvalue weighted by molar-refractivity contribution is 6.31. The Morgan fingerprint density at radius 1 is 1.56 bits per heavy atom. The Balaban J connectivity index is 2.07. The van der Waals surface area contributed by atoms with Crippen LogP contribution in [-0.4, -0.2) is 36.1 Å². The van der Waals surface area contributed by atoms with Crippen molar-refractivity contribution in [2.24, 2.45) is 5.92 Å². The van der Waals surface area contributed by atoms with E-state index in [9.17, 15) is 4.79 Å². The Labute approximate surface area is 112 Å². The van der Waals surface area contributed by atoms with E-state index in [1.807, 2.05) is 18.2 Å². The van der Waals surface area contributed by atoms with Gasteiger partial charge in [0, 0.05) is 24.0 Å². The quantitative estimate of drug-likeness (QED) is 0.912. The number of hydrogen-bond donors (Lipinski definition) is 1. The van der Waals surface area contributed by atoms with Crippen LogP contribution in [0.5, 0.6) is 0 Å². The number of aliphatic carboxylic acids is 1. The summed E-state index contributed by atoms with van der Waals surface area (Å²) in [5, 5.41) is 9.66. The lowest BCUT2D eigenvalue weighted by Crippen LogP contribution is -2.41. The van der Waals surface area contributed by atoms with E-state index in [-0.39, 0.29) is 5.92 Å². The van der Waals surface area contributed by atoms with Crippen LogP contribution < -0.4 is 0 Å². The molecule has 0 spiro atoms. The lowest BCUT2D eigenvalue weighted by molar-refractivity contribution is -0.141. The molecule has 1 aromatic rings. The molecule has 1 heterocycles. The molecule has 0 amide bonds. The number of carboxylic acids is 1. The predicted molar refractivity (Wildman–Crippen MR) is 72.2 cm³/mol. The van der Waals surface area contributed by atoms with Gasteiger partial charge in [-0.15, -0.1) is 0 Å². The van der Waals surface area contributed by atoms with E-state index >= 15 is 0 Å². The van der Waals surface area contributed by atoms with Crippen LogP contribution in [0.2, 0.25) is 5.02 Å². The maximum absolute atomic E-state index is 10.8. The van der Waals surface area contributed by atoms with E-state index in [1.165, 1.54) is 5.56 Å². The second-order valence-electron chi connectivity index (χ2n) is 5.22. The standard InChI is InChI=1S/C14H18ClNO2/c1-9(14(17)18)5-10-3-4-12(13(15)6-10)11-7-16(2)8-11/h3-4,6,9,11H,5,7-8H2,1-2H3,(H,17,18). The fraction of sp³-hybridized carbons (Fsp3) is 0.500. The first-order chi connectivity index (χ1) is 8.47. The van der Waals surface area contributed by atoms with Crippen LogP contribution in [0.25, 0.3) is 0 Å². The highest BCUT2D eigenvalue weighted by Gasteiger charge is 2.26. The molecule has 18 heavy (non-hydrogen) atoms. The zero-order valence-corrected chi connectivity index (χ0v) is 11.4. The molecule has 1 fully saturated rings. The molecular formula is C14H18ClNO2. The Kier molecular flexibility index (Phi) is 3.93. The van der Waals surface area contributed by atoms with Crippen molar-refractivity contribution >= 4 is 17.6 Å². The number of carboxylic acid groups (broad SMARTS) is 1. The summed E-state index contributed by atoms with van der Waals surface area (Å²) in [7, 11) is 2.09. The van der Waals surface area contributed by atoms with Crippen LogP contribution in [0, 0.1) is 5.92 Å². The van der Waals surface area contributed by atoms with Gasteiger partial charge < -0.3 is 10.0 Å². The molecule has 4 heteroatoms. The van der Waals surface area contributed by atoms with E-state index in [1.54, 1.807) is 6.92 Å². The summed E-state index contributed by atoms with van der Waals surface area (Å²) >= 11 is 6.28. The summed E-state index contributed by atoms with van der Waals surface area (Å²) < 4.78 is 0. The lowest BCUT2D eigenvalue weighted by atomic mass is 9.90. The second kappa shape index (κ2) is 5.29. The molecule has 1 N–H and O–H groups in total. The molecule has 1 aliphatic heterocycles. The van der Waals surface area contributed by atoms with Gasteiger partial charge in [-0.3, -0.25) is 4.79 Å². The van der Waals surface area contributed by atoms with Gasteiger partial charge in [0.1, 0.15) is 0 Å². The first-order valence-corrected chi connectivity index (χ1v) is 6.55. The molecule has 0 aromatic heterocycles. The monoisotopic (exact) mass is 267 g/mol. The summed E-state index contributed by atoms with van der Waals surface area (Å²) in [6.07, 6.45) is 0.528. The average Bonchev–Trinajstić information content (AvgIpc) is 2.25. The molecule has 1 aliphatic rings. The van der Waals surface area contributed by atoms with E-state index in [0.29, 0.717) is 12.3 Å². The topological polar surface area (TPSA) is 40.5 Å². The molecule has 0 bridgehead atoms. The van der Waals surface area contributed by atoms with Crippen molar-refractivity contribution in [3.05, 3.63) is 34.3 Å². The number of halogens is 1. The number of benzene rings is 1. The third-order valence-corrected chi connectivity index (χ3v) is 3.86. The molecule has 2 rings (SSSR count). The summed E-state index contributed by atoms with van der Waals surface area (Å²) in [4.78, 5) is 13.1. The predicted octanol–water partition coefficient (Wildman–Crippen LogP) is 2.63. The lowest BCUT2D eigenvalue weighted by Gasteiger charge is -2.37. The average molecular weight is 268 g/mol. The Morgan fingerprint density at radius 3 is 2.72 bits per heavy atom. The Bertz CT molecular complexity index is 455. The van der Waals surface area contributed by atoms with Crippen molar-refractivity contribution < 1.29 is 9.90 Å². The first kappa shape index (κ1) is 13.4. The highest BCUT2D eigenvalue weighted by atomic mass is 35.5. The highest BCUT2D eigenvalue weighted by Crippen LogP contribution is 2.32. The van der Waals surface area contributed by atoms with Crippen LogP contribution >= 0.6 is 11.6 Å². The van der Waals surface area contributed by atoms with Crippen LogP contribution in [0.15, 0.2) is 18.2 Å². The molecule has 3 nitrogen and oxygen atoms in total. The van der Waals surface area contributed by atoms with Gasteiger partial charge in [0.2, 0.25) is 0 Å². The Morgan fingerprint density at radius 2 is 2.22 bits per heavy atom. The van der Waals surface area contributed by atoms with Crippen LogP contribution in [0.4, 0.5) is 0 Å². The van der Waals surface area contributed by atoms with Gasteiger partial charge in [-0.25, -0.2) is 0 Å². The van der Waals surface area contributed by atoms with Crippen LogP contribution in [-0.2, 0) is 11.2 Å². The number of nitrogens with zero attached hydrogens (tertiary/aromatic N) is 1. The fourth-order valence-corrected chi connectivity index (χ4v) is 2.72. The molecule has 0 radical (unpaired) electrons. The maximum atomic E-state index is 10.8. The van der Waals surface area contributed by atoms with Crippen LogP contribution in [0.3, 0.4) is 0 Å². The SMILES string of the molecule is CC(Cc1ccc(C2CN(C)C2)c(Cl)c1)C(=O)O. The normalized spacial score (nSPS) is 18.4. The van der Waals surface area contributed by atoms with Gasteiger partial charge >= 0.3 is 5.97 Å². The molecule has 1 aromatic carbocycles. The zero-order valence-electron chi connectivity index (χ0n) is 10.7. The number of likely N-dealkylation sites (tertiary alicyclic amines) is 1. The number of rotatable bonds is 4. The Hall–Kier alpha value is -1.06. The van der Waals surface area contributed by atoms with E-state index < -0.39 is 5.97 Å². The van der Waals surface area contributed by atoms with Crippen molar-refractivity contribution in [3.63, 3.8) is 0 Å². The summed E-state index contributed by atoms with van der Waals surface area (Å²) in [6, 6.07) is 5.96. The van der Waals surface area contributed by atoms with Gasteiger partial charge in [0.05, 0.1) is 5.92 Å². The van der Waals surface area contributed by atoms with Crippen molar-refractivity contribution in [1.82, 2.24) is 4.90 Å². The number of likely N-dealkylation sites (N-methyl/N-ethyl adjacent to an activating group) is 1. The maximum Gasteiger partial charge on any atom is 0.306 e. The summed E-state index contributed by atoms with van der Waals surface area (Å²) in [5.41, 5.74) is 2.17. The minimum absolute atomic E-state index is 0.373. The van der Waals surface area contributed by atoms with Gasteiger partial charge in [0.15, 0.2) is 0 Å². The second-order valence-corrected chi connectivity index (χ2v) is 5.62. The molecule has 1 saturated heterocycles. The molecule has 0 aliphatic carbocycles. The number of carbonyl (C=O) groups is 1. The van der Waals surface area contributed by atoms with E-state index in [0.717, 1.165) is 23.7 Å². The zero-order chi connectivity index (χ0) is 13.3. The fourth-order valence-electron chi connectivity index (χ4n) is 2.37. The van der Waals surface area contributed by atoms with Crippen molar-refractivity contribution in [1.29, 1.82) is 0 Å². The minimum Gasteiger partial charge on any atom is -0.481 e. The smallest absolute Gasteiger partial charge is 0.306 e. The van der Waals surface area contributed by atoms with Gasteiger partial charge in [-0.2, -0.15) is 0 Å². The molecule has 98 valence electrons.